The molecule has 6 rings (SSSR count). The number of aromatic nitrogens is 6. The van der Waals surface area contributed by atoms with Gasteiger partial charge in [-0.1, -0.05) is 0 Å². The molecule has 0 radical (unpaired) electrons. The molecule has 3 aliphatic rings. The van der Waals surface area contributed by atoms with Crippen molar-refractivity contribution in [1.29, 1.82) is 0 Å². The Balaban J connectivity index is 0.000000265. The van der Waals surface area contributed by atoms with Crippen molar-refractivity contribution in [2.75, 3.05) is 29.6 Å². The number of ether oxygens (including phenoxy) is 2. The number of nitrogen functional groups attached to an aromatic ring is 1. The normalized spacial score (nSPS) is 22.8. The number of nitrogens with zero attached hydrogens (tertiary/aromatic N) is 6. The Morgan fingerprint density at radius 1 is 0.677 bits per heavy atom. The summed E-state index contributed by atoms with van der Waals surface area (Å²) in [6.07, 6.45) is 5.04. The molecule has 6 N–H and O–H groups in total. The zero-order valence-corrected chi connectivity index (χ0v) is 37.9. The second kappa shape index (κ2) is 23.5. The largest absolute Gasteiger partial charge is 0.444 e. The van der Waals surface area contributed by atoms with Gasteiger partial charge in [-0.05, 0) is 130 Å². The number of hydrogen-bond acceptors (Lipinski definition) is 11. The molecule has 65 heavy (non-hydrogen) atoms. The first-order valence-electron chi connectivity index (χ1n) is 23.0. The summed E-state index contributed by atoms with van der Waals surface area (Å²) in [5.41, 5.74) is 2.80. The van der Waals surface area contributed by atoms with Crippen LogP contribution in [-0.2, 0) is 14.3 Å². The van der Waals surface area contributed by atoms with Gasteiger partial charge in [-0.25, -0.2) is 35.9 Å². The van der Waals surface area contributed by atoms with Gasteiger partial charge in [-0.2, -0.15) is 15.3 Å². The highest BCUT2D eigenvalue weighted by atomic mass is 19.3. The minimum Gasteiger partial charge on any atom is -0.444 e. The van der Waals surface area contributed by atoms with Gasteiger partial charge in [0, 0.05) is 40.7 Å². The molecule has 0 saturated heterocycles. The number of nitrogens with two attached hydrogens (primary N) is 1. The molecule has 2 amide bonds. The predicted octanol–water partition coefficient (Wildman–Crippen LogP) is 10.4. The van der Waals surface area contributed by atoms with Crippen LogP contribution >= 0.6 is 0 Å². The molecule has 16 nitrogen and oxygen atoms in total. The van der Waals surface area contributed by atoms with Gasteiger partial charge in [-0.3, -0.25) is 24.7 Å². The SMILES string of the molecule is CC(C)(C)OC(=O)Nc1cn(C2CCC(C=O)CC2)nc1C(F)F.CC(C)(C)OC(=O)Nc1cn(C2CCC(CO)CC2)nc1C(F)F.Nc1cn(C2CCC(CO)CC2)nc1C(F)F.[2H][3H]. The van der Waals surface area contributed by atoms with Crippen molar-refractivity contribution >= 4 is 35.5 Å². The second-order valence-electron chi connectivity index (χ2n) is 18.8. The van der Waals surface area contributed by atoms with E-state index in [0.717, 1.165) is 57.7 Å². The molecule has 0 spiro atoms. The number of alkyl halides is 6. The molecule has 3 aromatic heterocycles. The van der Waals surface area contributed by atoms with Gasteiger partial charge in [0.25, 0.3) is 19.3 Å². The molecule has 0 aliphatic heterocycles. The molecule has 0 atom stereocenters. The van der Waals surface area contributed by atoms with E-state index in [4.69, 9.17) is 23.3 Å². The second-order valence-corrected chi connectivity index (χ2v) is 18.8. The molecule has 0 bridgehead atoms. The van der Waals surface area contributed by atoms with E-state index in [2.05, 4.69) is 25.9 Å². The third-order valence-corrected chi connectivity index (χ3v) is 11.4. The highest BCUT2D eigenvalue weighted by molar-refractivity contribution is 5.86. The summed E-state index contributed by atoms with van der Waals surface area (Å²) in [4.78, 5) is 34.4. The number of anilines is 3. The minimum absolute atomic E-state index is 0.000475. The molecule has 3 aromatic rings. The highest BCUT2D eigenvalue weighted by Crippen LogP contribution is 2.37. The minimum atomic E-state index is -2.80. The Morgan fingerprint density at radius 3 is 1.29 bits per heavy atom. The van der Waals surface area contributed by atoms with Crippen LogP contribution in [0.3, 0.4) is 0 Å². The van der Waals surface area contributed by atoms with Crippen LogP contribution in [0.4, 0.5) is 53.0 Å². The Labute approximate surface area is 378 Å². The number of amides is 2. The van der Waals surface area contributed by atoms with Crippen LogP contribution in [0, 0.1) is 17.8 Å². The number of aldehydes is 1. The van der Waals surface area contributed by atoms with Crippen molar-refractivity contribution in [2.24, 2.45) is 17.8 Å². The predicted molar refractivity (Wildman–Crippen MR) is 231 cm³/mol. The molecule has 3 fully saturated rings. The van der Waals surface area contributed by atoms with E-state index in [1.807, 2.05) is 0 Å². The monoisotopic (exact) mass is 939 g/mol. The Bertz CT molecular complexity index is 1970. The number of nitrogens with one attached hydrogen (secondary N) is 2. The topological polar surface area (TPSA) is 214 Å². The van der Waals surface area contributed by atoms with Crippen LogP contribution in [0.5, 0.6) is 0 Å². The van der Waals surface area contributed by atoms with E-state index >= 15 is 0 Å². The Hall–Kier alpha value is -4.86. The van der Waals surface area contributed by atoms with Crippen LogP contribution in [-0.4, -0.2) is 82.4 Å². The quantitative estimate of drug-likeness (QED) is 0.0901. The molecule has 0 aromatic carbocycles. The molecule has 3 heterocycles. The number of hydrogen-bond donors (Lipinski definition) is 5. The van der Waals surface area contributed by atoms with Crippen molar-refractivity contribution in [1.82, 2.24) is 29.3 Å². The van der Waals surface area contributed by atoms with Gasteiger partial charge < -0.3 is 30.2 Å². The van der Waals surface area contributed by atoms with Crippen LogP contribution in [0.1, 0.15) is 176 Å². The lowest BCUT2D eigenvalue weighted by molar-refractivity contribution is -0.112. The van der Waals surface area contributed by atoms with Gasteiger partial charge >= 0.3 is 12.2 Å². The van der Waals surface area contributed by atoms with E-state index in [1.165, 1.54) is 28.0 Å². The summed E-state index contributed by atoms with van der Waals surface area (Å²) in [6.45, 7) is 10.5. The third-order valence-electron chi connectivity index (χ3n) is 11.4. The Morgan fingerprint density at radius 2 is 1.00 bits per heavy atom. The first-order chi connectivity index (χ1) is 31.5. The fourth-order valence-electron chi connectivity index (χ4n) is 7.99. The zero-order chi connectivity index (χ0) is 50.2. The molecule has 22 heteroatoms. The van der Waals surface area contributed by atoms with Crippen molar-refractivity contribution in [3.05, 3.63) is 35.7 Å². The van der Waals surface area contributed by atoms with Crippen LogP contribution in [0.25, 0.3) is 0 Å². The summed E-state index contributed by atoms with van der Waals surface area (Å²) in [7, 11) is 0. The maximum Gasteiger partial charge on any atom is 0.412 e. The lowest BCUT2D eigenvalue weighted by Crippen LogP contribution is -2.27. The molecular formula is C43H67F6N9O7. The molecule has 3 saturated carbocycles. The van der Waals surface area contributed by atoms with E-state index in [9.17, 15) is 45.8 Å². The maximum atomic E-state index is 13.2. The standard InChI is InChI=1S/C16H25F2N3O3.C16H23F2N3O3.C11H17F2N3O.H2/c2*1-16(2,3)24-15(23)19-12-8-21(20-13(12)14(17)18)11-6-4-10(9-22)5-7-11;12-11(13)10-9(14)5-16(15-10)8-3-1-7(6-17)2-4-8;/h8,10-11,14,22H,4-7,9H2,1-3H3,(H,19,23);8-11,14H,4-7H2,1-3H3,(H,19,23);5,7-8,11,17H,1-4,6,14H2;1H/i;;;1+2D. The summed E-state index contributed by atoms with van der Waals surface area (Å²) in [6, 6.07) is 0.0833. The zero-order valence-electron chi connectivity index (χ0n) is 39.9. The molecule has 0 unspecified atom stereocenters. The number of aliphatic hydroxyl groups excluding tert-OH is 2. The van der Waals surface area contributed by atoms with Gasteiger partial charge in [0.1, 0.15) is 17.5 Å². The lowest BCUT2D eigenvalue weighted by atomic mass is 9.87. The molecule has 3 aliphatic carbocycles. The van der Waals surface area contributed by atoms with Gasteiger partial charge in [0.05, 0.1) is 35.2 Å². The smallest absolute Gasteiger partial charge is 0.412 e. The van der Waals surface area contributed by atoms with Crippen LogP contribution in [0.15, 0.2) is 18.6 Å². The van der Waals surface area contributed by atoms with Gasteiger partial charge in [0.15, 0.2) is 17.1 Å². The average molecular weight is 939 g/mol. The Kier molecular flexibility index (Phi) is 18.5. The van der Waals surface area contributed by atoms with Crippen molar-refractivity contribution in [3.8, 4) is 0 Å². The fourth-order valence-corrected chi connectivity index (χ4v) is 7.99. The number of rotatable bonds is 11. The third kappa shape index (κ3) is 16.2. The van der Waals surface area contributed by atoms with E-state index in [0.29, 0.717) is 31.6 Å². The molecular weight excluding hydrogens is 869 g/mol. The van der Waals surface area contributed by atoms with Crippen LogP contribution < -0.4 is 16.4 Å². The van der Waals surface area contributed by atoms with E-state index in [1.54, 1.807) is 46.2 Å². The molecule has 368 valence electrons. The number of aliphatic hydroxyl groups is 2. The van der Waals surface area contributed by atoms with E-state index < -0.39 is 54.1 Å². The van der Waals surface area contributed by atoms with Gasteiger partial charge in [-0.15, -0.1) is 0 Å². The maximum absolute atomic E-state index is 13.2. The fraction of sp³-hybridized carbons (Fsp3) is 0.721. The first-order valence-corrected chi connectivity index (χ1v) is 22.0. The lowest BCUT2D eigenvalue weighted by Gasteiger charge is -2.27. The number of carbonyl (C=O) groups is 3. The first kappa shape index (κ1) is 51.1. The summed E-state index contributed by atoms with van der Waals surface area (Å²) < 4.78 is 103. The van der Waals surface area contributed by atoms with Crippen molar-refractivity contribution in [2.45, 2.75) is 167 Å². The van der Waals surface area contributed by atoms with Crippen LogP contribution in [0.2, 0.25) is 0 Å². The van der Waals surface area contributed by atoms with Gasteiger partial charge in [0.2, 0.25) is 0 Å². The number of halogens is 6. The van der Waals surface area contributed by atoms with Crippen molar-refractivity contribution in [3.63, 3.8) is 0 Å². The average Bonchev–Trinajstić information content (AvgIpc) is 4.01. The number of carbonyl (C=O) groups excluding carboxylic acids is 3. The summed E-state index contributed by atoms with van der Waals surface area (Å²) in [5, 5.41) is 34.7. The summed E-state index contributed by atoms with van der Waals surface area (Å²) in [5.74, 6) is 0.644. The van der Waals surface area contributed by atoms with Crippen molar-refractivity contribution < 1.29 is 63.4 Å². The van der Waals surface area contributed by atoms with E-state index in [-0.39, 0.29) is 65.9 Å². The summed E-state index contributed by atoms with van der Waals surface area (Å²) >= 11 is 0. The highest BCUT2D eigenvalue weighted by Gasteiger charge is 2.30.